The van der Waals surface area contributed by atoms with Crippen LogP contribution >= 0.6 is 0 Å². The van der Waals surface area contributed by atoms with Crippen LogP contribution in [0.1, 0.15) is 38.7 Å². The van der Waals surface area contributed by atoms with Crippen molar-refractivity contribution in [3.05, 3.63) is 54.1 Å². The Balaban J connectivity index is 1.39. The Kier molecular flexibility index (Phi) is 11.9. The monoisotopic (exact) mass is 705 g/mol. The van der Waals surface area contributed by atoms with E-state index in [0.29, 0.717) is 31.6 Å². The van der Waals surface area contributed by atoms with Crippen LogP contribution in [0, 0.1) is 11.3 Å². The molecule has 2 amide bonds. The summed E-state index contributed by atoms with van der Waals surface area (Å²) in [5, 5.41) is 23.9. The molecule has 15 heteroatoms. The number of carboxylic acid groups (broad SMARTS) is 1. The number of hydrogen-bond donors (Lipinski definition) is 3. The molecule has 0 aliphatic carbocycles. The van der Waals surface area contributed by atoms with Gasteiger partial charge in [-0.1, -0.05) is 50.2 Å². The van der Waals surface area contributed by atoms with Crippen LogP contribution in [0.5, 0.6) is 11.5 Å². The number of alkyl carbamates (subject to hydrolysis) is 1. The van der Waals surface area contributed by atoms with Crippen molar-refractivity contribution in [3.63, 3.8) is 0 Å². The SMILES string of the molecule is CN(CCCC(C)(C)CN(C[C@@H](O)[C@H](Cc1ccccc1)NC(=O)O[C@H]1CO[C@H]2OCC[C@H]21)S(=O)(=O)c1cccc2c1OCCO2)C(=O)O. The molecule has 0 bridgehead atoms. The van der Waals surface area contributed by atoms with Gasteiger partial charge in [0.15, 0.2) is 17.8 Å². The van der Waals surface area contributed by atoms with Crippen molar-refractivity contribution >= 4 is 22.2 Å². The highest BCUT2D eigenvalue weighted by atomic mass is 32.2. The largest absolute Gasteiger partial charge is 0.486 e. The van der Waals surface area contributed by atoms with Gasteiger partial charge in [-0.2, -0.15) is 4.31 Å². The zero-order valence-electron chi connectivity index (χ0n) is 28.2. The lowest BCUT2D eigenvalue weighted by Gasteiger charge is -2.35. The molecule has 270 valence electrons. The van der Waals surface area contributed by atoms with Gasteiger partial charge in [0.05, 0.1) is 31.3 Å². The quantitative estimate of drug-likeness (QED) is 0.248. The van der Waals surface area contributed by atoms with Crippen LogP contribution in [0.25, 0.3) is 0 Å². The number of rotatable bonds is 15. The number of para-hydroxylation sites is 1. The van der Waals surface area contributed by atoms with E-state index in [1.807, 2.05) is 44.2 Å². The van der Waals surface area contributed by atoms with E-state index < -0.39 is 52.2 Å². The highest BCUT2D eigenvalue weighted by Crippen LogP contribution is 2.39. The zero-order valence-corrected chi connectivity index (χ0v) is 29.0. The van der Waals surface area contributed by atoms with Crippen molar-refractivity contribution < 1.29 is 51.9 Å². The minimum Gasteiger partial charge on any atom is -0.486 e. The standard InChI is InChI=1S/C34H47N3O11S/c1-34(2,14-8-15-36(3)33(40)41)22-37(49(42,43)29-12-7-11-27-30(29)45-18-17-44-27)20-26(38)25(19-23-9-5-4-6-10-23)35-32(39)48-28-21-47-31-24(28)13-16-46-31/h4-7,9-12,24-26,28,31,38H,8,13-22H2,1-3H3,(H,35,39)(H,40,41)/t24-,25-,26+,28-,31+/m0/s1. The van der Waals surface area contributed by atoms with Crippen LogP contribution in [-0.2, 0) is 30.7 Å². The summed E-state index contributed by atoms with van der Waals surface area (Å²) in [4.78, 5) is 25.7. The summed E-state index contributed by atoms with van der Waals surface area (Å²) >= 11 is 0. The molecule has 49 heavy (non-hydrogen) atoms. The number of carbonyl (C=O) groups is 2. The van der Waals surface area contributed by atoms with E-state index in [0.717, 1.165) is 5.56 Å². The summed E-state index contributed by atoms with van der Waals surface area (Å²) in [6.07, 6.45) is -2.20. The number of benzene rings is 2. The van der Waals surface area contributed by atoms with Crippen LogP contribution in [0.15, 0.2) is 53.4 Å². The molecule has 3 aliphatic heterocycles. The maximum absolute atomic E-state index is 14.5. The minimum absolute atomic E-state index is 0.0152. The van der Waals surface area contributed by atoms with Crippen molar-refractivity contribution in [2.45, 2.75) is 69.0 Å². The molecule has 3 N–H and O–H groups in total. The average Bonchev–Trinajstić information content (AvgIpc) is 3.69. The van der Waals surface area contributed by atoms with Gasteiger partial charge in [-0.15, -0.1) is 0 Å². The third kappa shape index (κ3) is 9.34. The third-order valence-electron chi connectivity index (χ3n) is 9.13. The maximum atomic E-state index is 14.5. The summed E-state index contributed by atoms with van der Waals surface area (Å²) in [6, 6.07) is 13.0. The highest BCUT2D eigenvalue weighted by molar-refractivity contribution is 7.89. The first-order valence-electron chi connectivity index (χ1n) is 16.6. The number of nitrogens with zero attached hydrogens (tertiary/aromatic N) is 2. The second-order valence-corrected chi connectivity index (χ2v) is 15.4. The molecule has 0 saturated carbocycles. The zero-order chi connectivity index (χ0) is 35.2. The molecular formula is C34H47N3O11S. The number of aliphatic hydroxyl groups is 1. The molecular weight excluding hydrogens is 658 g/mol. The van der Waals surface area contributed by atoms with Crippen LogP contribution in [0.3, 0.4) is 0 Å². The van der Waals surface area contributed by atoms with Crippen LogP contribution in [0.2, 0.25) is 0 Å². The molecule has 5 atom stereocenters. The number of carbonyl (C=O) groups excluding carboxylic acids is 1. The number of hydrogen-bond acceptors (Lipinski definition) is 10. The Hall–Kier alpha value is -3.63. The molecule has 2 saturated heterocycles. The van der Waals surface area contributed by atoms with E-state index in [2.05, 4.69) is 5.32 Å². The summed E-state index contributed by atoms with van der Waals surface area (Å²) < 4.78 is 58.5. The smallest absolute Gasteiger partial charge is 0.407 e. The fraction of sp³-hybridized carbons (Fsp3) is 0.588. The molecule has 3 heterocycles. The van der Waals surface area contributed by atoms with Crippen molar-refractivity contribution in [3.8, 4) is 11.5 Å². The van der Waals surface area contributed by atoms with E-state index in [1.54, 1.807) is 12.1 Å². The topological polar surface area (TPSA) is 173 Å². The van der Waals surface area contributed by atoms with Gasteiger partial charge in [0.1, 0.15) is 24.2 Å². The van der Waals surface area contributed by atoms with Gasteiger partial charge < -0.3 is 44.1 Å². The number of aliphatic hydroxyl groups excluding tert-OH is 1. The Bertz CT molecular complexity index is 1540. The predicted molar refractivity (Wildman–Crippen MR) is 177 cm³/mol. The Morgan fingerprint density at radius 1 is 1.06 bits per heavy atom. The first kappa shape index (κ1) is 36.6. The van der Waals surface area contributed by atoms with Crippen molar-refractivity contribution in [1.82, 2.24) is 14.5 Å². The van der Waals surface area contributed by atoms with Crippen LogP contribution in [0.4, 0.5) is 9.59 Å². The number of sulfonamides is 1. The lowest BCUT2D eigenvalue weighted by atomic mass is 9.87. The molecule has 5 rings (SSSR count). The van der Waals surface area contributed by atoms with Gasteiger partial charge in [-0.25, -0.2) is 18.0 Å². The number of nitrogens with one attached hydrogen (secondary N) is 1. The summed E-state index contributed by atoms with van der Waals surface area (Å²) in [5.74, 6) is 0.329. The van der Waals surface area contributed by atoms with Gasteiger partial charge >= 0.3 is 12.2 Å². The van der Waals surface area contributed by atoms with Gasteiger partial charge in [-0.05, 0) is 48.8 Å². The molecule has 14 nitrogen and oxygen atoms in total. The first-order valence-corrected chi connectivity index (χ1v) is 18.0. The Morgan fingerprint density at radius 2 is 1.82 bits per heavy atom. The van der Waals surface area contributed by atoms with E-state index in [4.69, 9.17) is 23.7 Å². The van der Waals surface area contributed by atoms with Crippen molar-refractivity contribution in [2.75, 3.05) is 53.1 Å². The molecule has 0 spiro atoms. The fourth-order valence-electron chi connectivity index (χ4n) is 6.44. The number of amides is 2. The molecule has 2 aromatic carbocycles. The second kappa shape index (κ2) is 15.9. The molecule has 3 aliphatic rings. The average molecular weight is 706 g/mol. The van der Waals surface area contributed by atoms with Gasteiger partial charge in [0.25, 0.3) is 0 Å². The number of fused-ring (bicyclic) bond motifs is 2. The maximum Gasteiger partial charge on any atom is 0.407 e. The second-order valence-electron chi connectivity index (χ2n) is 13.5. The first-order chi connectivity index (χ1) is 23.3. The summed E-state index contributed by atoms with van der Waals surface area (Å²) in [6.45, 7) is 4.85. The van der Waals surface area contributed by atoms with Crippen LogP contribution in [-0.4, -0.2) is 118 Å². The van der Waals surface area contributed by atoms with E-state index in [9.17, 15) is 28.2 Å². The van der Waals surface area contributed by atoms with Crippen molar-refractivity contribution in [1.29, 1.82) is 0 Å². The number of ether oxygens (including phenoxy) is 5. The van der Waals surface area contributed by atoms with Gasteiger partial charge in [-0.3, -0.25) is 0 Å². The van der Waals surface area contributed by atoms with E-state index >= 15 is 0 Å². The molecule has 0 radical (unpaired) electrons. The highest BCUT2D eigenvalue weighted by Gasteiger charge is 2.44. The predicted octanol–water partition coefficient (Wildman–Crippen LogP) is 3.32. The molecule has 0 aromatic heterocycles. The Morgan fingerprint density at radius 3 is 2.57 bits per heavy atom. The summed E-state index contributed by atoms with van der Waals surface area (Å²) in [5.41, 5.74) is 0.183. The molecule has 2 aromatic rings. The third-order valence-corrected chi connectivity index (χ3v) is 11.0. The van der Waals surface area contributed by atoms with Gasteiger partial charge in [0, 0.05) is 26.7 Å². The van der Waals surface area contributed by atoms with Crippen LogP contribution < -0.4 is 14.8 Å². The van der Waals surface area contributed by atoms with E-state index in [-0.39, 0.29) is 62.4 Å². The van der Waals surface area contributed by atoms with Crippen molar-refractivity contribution in [2.24, 2.45) is 11.3 Å². The summed E-state index contributed by atoms with van der Waals surface area (Å²) in [7, 11) is -2.82. The Labute approximate surface area is 287 Å². The molecule has 0 unspecified atom stereocenters. The van der Waals surface area contributed by atoms with Gasteiger partial charge in [0.2, 0.25) is 10.0 Å². The lowest BCUT2D eigenvalue weighted by Crippen LogP contribution is -2.52. The minimum atomic E-state index is -4.30. The fourth-order valence-corrected chi connectivity index (χ4v) is 8.23. The lowest BCUT2D eigenvalue weighted by molar-refractivity contribution is -0.0907. The van der Waals surface area contributed by atoms with E-state index in [1.165, 1.54) is 22.3 Å². The molecule has 2 fully saturated rings. The normalized spacial score (nSPS) is 21.5.